The Morgan fingerprint density at radius 2 is 2.14 bits per heavy atom. The summed E-state index contributed by atoms with van der Waals surface area (Å²) in [5.41, 5.74) is 1.23. The molecule has 0 fully saturated rings. The van der Waals surface area contributed by atoms with Gasteiger partial charge in [0.2, 0.25) is 11.0 Å². The molecule has 0 spiro atoms. The normalized spacial score (nSPS) is 10.6. The van der Waals surface area contributed by atoms with Crippen LogP contribution in [0.4, 0.5) is 5.13 Å². The predicted molar refractivity (Wildman–Crippen MR) is 83.0 cm³/mol. The van der Waals surface area contributed by atoms with Crippen molar-refractivity contribution in [1.29, 1.82) is 0 Å². The summed E-state index contributed by atoms with van der Waals surface area (Å²) in [5.74, 6) is -0.0667. The quantitative estimate of drug-likeness (QED) is 0.639. The van der Waals surface area contributed by atoms with Crippen molar-refractivity contribution < 1.29 is 4.79 Å². The predicted octanol–water partition coefficient (Wildman–Crippen LogP) is 1.53. The van der Waals surface area contributed by atoms with Gasteiger partial charge in [-0.1, -0.05) is 30.0 Å². The number of carbonyl (C=O) groups excluding carboxylic acids is 1. The maximum atomic E-state index is 11.8. The standard InChI is InChI=1S/C12H15N5O2S2/c1-4-8-6(2)13-11(15-10(8)19)20-5-9(18)14-12-17-16-7(3)21-12/h4-5H2,1-3H3,(H,13,15,19)(H,14,17,18). The summed E-state index contributed by atoms with van der Waals surface area (Å²) >= 11 is 2.49. The lowest BCUT2D eigenvalue weighted by Gasteiger charge is -2.05. The van der Waals surface area contributed by atoms with Gasteiger partial charge in [0.15, 0.2) is 5.16 Å². The molecular formula is C12H15N5O2S2. The molecule has 7 nitrogen and oxygen atoms in total. The van der Waals surface area contributed by atoms with Gasteiger partial charge in [-0.2, -0.15) is 0 Å². The van der Waals surface area contributed by atoms with Gasteiger partial charge in [-0.05, 0) is 20.3 Å². The summed E-state index contributed by atoms with van der Waals surface area (Å²) < 4.78 is 0. The third-order valence-electron chi connectivity index (χ3n) is 2.67. The molecule has 112 valence electrons. The van der Waals surface area contributed by atoms with Crippen LogP contribution in [-0.2, 0) is 11.2 Å². The second-order valence-corrected chi connectivity index (χ2v) is 6.40. The molecule has 0 aliphatic heterocycles. The van der Waals surface area contributed by atoms with Crippen LogP contribution < -0.4 is 10.9 Å². The summed E-state index contributed by atoms with van der Waals surface area (Å²) in [5, 5.41) is 12.0. The second-order valence-electron chi connectivity index (χ2n) is 4.25. The molecule has 0 aliphatic carbocycles. The molecule has 0 bridgehead atoms. The molecule has 2 heterocycles. The molecule has 0 atom stereocenters. The molecule has 0 aromatic carbocycles. The summed E-state index contributed by atoms with van der Waals surface area (Å²) in [6.45, 7) is 5.51. The minimum atomic E-state index is -0.212. The van der Waals surface area contributed by atoms with Crippen LogP contribution in [0.1, 0.15) is 23.2 Å². The van der Waals surface area contributed by atoms with Crippen molar-refractivity contribution >= 4 is 34.1 Å². The van der Waals surface area contributed by atoms with Crippen LogP contribution in [0.15, 0.2) is 9.95 Å². The average molecular weight is 325 g/mol. The minimum Gasteiger partial charge on any atom is -0.301 e. The number of nitrogens with one attached hydrogen (secondary N) is 2. The first-order valence-electron chi connectivity index (χ1n) is 6.32. The van der Waals surface area contributed by atoms with Gasteiger partial charge in [0.25, 0.3) is 5.56 Å². The number of H-pyrrole nitrogens is 1. The Kier molecular flexibility index (Phi) is 5.07. The molecule has 21 heavy (non-hydrogen) atoms. The van der Waals surface area contributed by atoms with E-state index in [0.717, 1.165) is 5.01 Å². The zero-order valence-electron chi connectivity index (χ0n) is 11.9. The molecule has 0 saturated heterocycles. The van der Waals surface area contributed by atoms with Crippen molar-refractivity contribution in [1.82, 2.24) is 20.2 Å². The zero-order chi connectivity index (χ0) is 15.4. The van der Waals surface area contributed by atoms with E-state index in [0.29, 0.717) is 28.0 Å². The number of thioether (sulfide) groups is 1. The Balaban J connectivity index is 1.97. The molecular weight excluding hydrogens is 310 g/mol. The van der Waals surface area contributed by atoms with Gasteiger partial charge in [-0.3, -0.25) is 14.9 Å². The van der Waals surface area contributed by atoms with E-state index in [4.69, 9.17) is 0 Å². The number of aryl methyl sites for hydroxylation is 2. The van der Waals surface area contributed by atoms with Crippen molar-refractivity contribution in [3.05, 3.63) is 26.6 Å². The Morgan fingerprint density at radius 1 is 1.38 bits per heavy atom. The van der Waals surface area contributed by atoms with Crippen LogP contribution in [0.5, 0.6) is 0 Å². The highest BCUT2D eigenvalue weighted by atomic mass is 32.2. The first-order chi connectivity index (χ1) is 9.99. The lowest BCUT2D eigenvalue weighted by atomic mass is 10.2. The van der Waals surface area contributed by atoms with Gasteiger partial charge in [-0.15, -0.1) is 10.2 Å². The molecule has 9 heteroatoms. The molecule has 1 amide bonds. The van der Waals surface area contributed by atoms with Gasteiger partial charge in [0.05, 0.1) is 5.75 Å². The first-order valence-corrected chi connectivity index (χ1v) is 8.12. The Hall–Kier alpha value is -1.74. The van der Waals surface area contributed by atoms with E-state index < -0.39 is 0 Å². The highest BCUT2D eigenvalue weighted by molar-refractivity contribution is 7.99. The largest absolute Gasteiger partial charge is 0.301 e. The van der Waals surface area contributed by atoms with Crippen molar-refractivity contribution in [2.45, 2.75) is 32.3 Å². The fourth-order valence-electron chi connectivity index (χ4n) is 1.71. The van der Waals surface area contributed by atoms with E-state index in [9.17, 15) is 9.59 Å². The van der Waals surface area contributed by atoms with Crippen molar-refractivity contribution in [2.24, 2.45) is 0 Å². The number of aromatic nitrogens is 4. The van der Waals surface area contributed by atoms with Gasteiger partial charge in [0, 0.05) is 11.3 Å². The van der Waals surface area contributed by atoms with Gasteiger partial charge >= 0.3 is 0 Å². The topological polar surface area (TPSA) is 101 Å². The average Bonchev–Trinajstić information content (AvgIpc) is 2.81. The van der Waals surface area contributed by atoms with Crippen LogP contribution in [0.3, 0.4) is 0 Å². The van der Waals surface area contributed by atoms with Crippen molar-refractivity contribution in [3.8, 4) is 0 Å². The maximum Gasteiger partial charge on any atom is 0.254 e. The number of carbonyl (C=O) groups is 1. The van der Waals surface area contributed by atoms with Gasteiger partial charge in [-0.25, -0.2) is 4.98 Å². The van der Waals surface area contributed by atoms with Crippen LogP contribution in [0.2, 0.25) is 0 Å². The smallest absolute Gasteiger partial charge is 0.254 e. The molecule has 0 unspecified atom stereocenters. The van der Waals surface area contributed by atoms with Gasteiger partial charge < -0.3 is 4.98 Å². The molecule has 2 aromatic rings. The lowest BCUT2D eigenvalue weighted by Crippen LogP contribution is -2.18. The summed E-state index contributed by atoms with van der Waals surface area (Å²) in [4.78, 5) is 30.6. The Bertz CT molecular complexity index is 710. The Labute approximate surface area is 129 Å². The minimum absolute atomic E-state index is 0.145. The number of anilines is 1. The van der Waals surface area contributed by atoms with Crippen LogP contribution in [0, 0.1) is 13.8 Å². The lowest BCUT2D eigenvalue weighted by molar-refractivity contribution is -0.113. The van der Waals surface area contributed by atoms with E-state index >= 15 is 0 Å². The monoisotopic (exact) mass is 325 g/mol. The third kappa shape index (κ3) is 4.11. The number of aromatic amines is 1. The highest BCUT2D eigenvalue weighted by Gasteiger charge is 2.10. The van der Waals surface area contributed by atoms with Crippen LogP contribution in [-0.4, -0.2) is 31.8 Å². The number of rotatable bonds is 5. The molecule has 0 saturated carbocycles. The molecule has 0 aliphatic rings. The van der Waals surface area contributed by atoms with Crippen molar-refractivity contribution in [2.75, 3.05) is 11.1 Å². The Morgan fingerprint density at radius 3 is 2.71 bits per heavy atom. The molecule has 2 N–H and O–H groups in total. The van der Waals surface area contributed by atoms with Gasteiger partial charge in [0.1, 0.15) is 5.01 Å². The van der Waals surface area contributed by atoms with E-state index in [-0.39, 0.29) is 17.2 Å². The van der Waals surface area contributed by atoms with Crippen LogP contribution >= 0.6 is 23.1 Å². The van der Waals surface area contributed by atoms with E-state index in [2.05, 4.69) is 25.5 Å². The van der Waals surface area contributed by atoms with Crippen molar-refractivity contribution in [3.63, 3.8) is 0 Å². The number of hydrogen-bond donors (Lipinski definition) is 2. The molecule has 2 rings (SSSR count). The molecule has 0 radical (unpaired) electrons. The highest BCUT2D eigenvalue weighted by Crippen LogP contribution is 2.16. The third-order valence-corrected chi connectivity index (χ3v) is 4.29. The maximum absolute atomic E-state index is 11.8. The van der Waals surface area contributed by atoms with E-state index in [1.54, 1.807) is 6.92 Å². The summed E-state index contributed by atoms with van der Waals surface area (Å²) in [7, 11) is 0. The van der Waals surface area contributed by atoms with E-state index in [1.807, 2.05) is 13.8 Å². The van der Waals surface area contributed by atoms with E-state index in [1.165, 1.54) is 23.1 Å². The fourth-order valence-corrected chi connectivity index (χ4v) is 3.02. The zero-order valence-corrected chi connectivity index (χ0v) is 13.5. The second kappa shape index (κ2) is 6.81. The number of nitrogens with zero attached hydrogens (tertiary/aromatic N) is 3. The fraction of sp³-hybridized carbons (Fsp3) is 0.417. The van der Waals surface area contributed by atoms with Crippen LogP contribution in [0.25, 0.3) is 0 Å². The molecule has 2 aromatic heterocycles. The number of hydrogen-bond acceptors (Lipinski definition) is 7. The first kappa shape index (κ1) is 15.6. The SMILES string of the molecule is CCc1c(C)nc(SCC(=O)Nc2nnc(C)s2)[nH]c1=O. The summed E-state index contributed by atoms with van der Waals surface area (Å²) in [6, 6.07) is 0. The number of amides is 1. The summed E-state index contributed by atoms with van der Waals surface area (Å²) in [6.07, 6.45) is 0.635.